The lowest BCUT2D eigenvalue weighted by atomic mass is 10.2. The van der Waals surface area contributed by atoms with Gasteiger partial charge in [0.25, 0.3) is 0 Å². The largest absolute Gasteiger partial charge is 0.351 e. The molecule has 0 spiro atoms. The van der Waals surface area contributed by atoms with E-state index in [1.165, 1.54) is 11.3 Å². The highest BCUT2D eigenvalue weighted by atomic mass is 35.5. The number of rotatable bonds is 5. The lowest BCUT2D eigenvalue weighted by molar-refractivity contribution is -0.119. The van der Waals surface area contributed by atoms with Crippen LogP contribution in [0.4, 0.5) is 5.13 Å². The van der Waals surface area contributed by atoms with Crippen molar-refractivity contribution in [3.8, 4) is 22.9 Å². The molecular formula is C13H11ClN4OS. The molecule has 20 heavy (non-hydrogen) atoms. The molecule has 0 aliphatic rings. The van der Waals surface area contributed by atoms with E-state index in [1.807, 2.05) is 18.2 Å². The Morgan fingerprint density at radius 3 is 2.95 bits per heavy atom. The maximum absolute atomic E-state index is 11.4. The Morgan fingerprint density at radius 1 is 1.40 bits per heavy atom. The highest BCUT2D eigenvalue weighted by Crippen LogP contribution is 2.31. The van der Waals surface area contributed by atoms with Crippen LogP contribution in [0.25, 0.3) is 10.6 Å². The molecule has 102 valence electrons. The molecule has 0 bridgehead atoms. The SMILES string of the molecule is C#CCNC(=O)CNc1nnc(-c2ccccc2Cl)s1. The van der Waals surface area contributed by atoms with Crippen LogP contribution in [-0.2, 0) is 4.79 Å². The highest BCUT2D eigenvalue weighted by Gasteiger charge is 2.10. The average Bonchev–Trinajstić information content (AvgIpc) is 2.92. The number of aromatic nitrogens is 2. The van der Waals surface area contributed by atoms with Gasteiger partial charge in [0.15, 0.2) is 5.01 Å². The molecule has 0 saturated carbocycles. The smallest absolute Gasteiger partial charge is 0.240 e. The lowest BCUT2D eigenvalue weighted by Gasteiger charge is -2.01. The number of carbonyl (C=O) groups excluding carboxylic acids is 1. The van der Waals surface area contributed by atoms with Crippen LogP contribution in [0.3, 0.4) is 0 Å². The first-order valence-electron chi connectivity index (χ1n) is 5.73. The van der Waals surface area contributed by atoms with Crippen LogP contribution < -0.4 is 10.6 Å². The summed E-state index contributed by atoms with van der Waals surface area (Å²) in [6.45, 7) is 0.306. The summed E-state index contributed by atoms with van der Waals surface area (Å²) < 4.78 is 0. The summed E-state index contributed by atoms with van der Waals surface area (Å²) in [5.41, 5.74) is 0.816. The molecule has 0 unspecified atom stereocenters. The van der Waals surface area contributed by atoms with Gasteiger partial charge in [0, 0.05) is 5.56 Å². The Hall–Kier alpha value is -2.10. The van der Waals surface area contributed by atoms with E-state index in [4.69, 9.17) is 18.0 Å². The Kier molecular flexibility index (Phi) is 4.93. The molecule has 2 rings (SSSR count). The summed E-state index contributed by atoms with van der Waals surface area (Å²) in [6.07, 6.45) is 5.05. The summed E-state index contributed by atoms with van der Waals surface area (Å²) in [4.78, 5) is 11.4. The number of nitrogens with one attached hydrogen (secondary N) is 2. The van der Waals surface area contributed by atoms with E-state index < -0.39 is 0 Å². The van der Waals surface area contributed by atoms with Crippen molar-refractivity contribution in [3.63, 3.8) is 0 Å². The number of amides is 1. The summed E-state index contributed by atoms with van der Waals surface area (Å²) >= 11 is 7.42. The molecule has 0 atom stereocenters. The lowest BCUT2D eigenvalue weighted by Crippen LogP contribution is -2.29. The third-order valence-electron chi connectivity index (χ3n) is 2.32. The van der Waals surface area contributed by atoms with Gasteiger partial charge in [-0.2, -0.15) is 0 Å². The number of terminal acetylenes is 1. The fraction of sp³-hybridized carbons (Fsp3) is 0.154. The van der Waals surface area contributed by atoms with Crippen LogP contribution in [0.5, 0.6) is 0 Å². The zero-order valence-electron chi connectivity index (χ0n) is 10.4. The molecular weight excluding hydrogens is 296 g/mol. The van der Waals surface area contributed by atoms with Crippen molar-refractivity contribution < 1.29 is 4.79 Å². The van der Waals surface area contributed by atoms with Gasteiger partial charge < -0.3 is 10.6 Å². The predicted octanol–water partition coefficient (Wildman–Crippen LogP) is 2.02. The van der Waals surface area contributed by atoms with Gasteiger partial charge in [0.2, 0.25) is 11.0 Å². The van der Waals surface area contributed by atoms with E-state index >= 15 is 0 Å². The maximum atomic E-state index is 11.4. The highest BCUT2D eigenvalue weighted by molar-refractivity contribution is 7.18. The minimum atomic E-state index is -0.197. The predicted molar refractivity (Wildman–Crippen MR) is 80.7 cm³/mol. The average molecular weight is 307 g/mol. The number of benzene rings is 1. The standard InChI is InChI=1S/C13H11ClN4OS/c1-2-7-15-11(19)8-16-13-18-17-12(20-13)9-5-3-4-6-10(9)14/h1,3-6H,7-8H2,(H,15,19)(H,16,18). The van der Waals surface area contributed by atoms with Gasteiger partial charge in [-0.1, -0.05) is 47.1 Å². The number of hydrogen-bond donors (Lipinski definition) is 2. The number of carbonyl (C=O) groups is 1. The fourth-order valence-corrected chi connectivity index (χ4v) is 2.47. The minimum absolute atomic E-state index is 0.0961. The molecule has 2 N–H and O–H groups in total. The molecule has 1 aromatic carbocycles. The van der Waals surface area contributed by atoms with Crippen molar-refractivity contribution in [1.29, 1.82) is 0 Å². The van der Waals surface area contributed by atoms with E-state index in [1.54, 1.807) is 6.07 Å². The first-order valence-corrected chi connectivity index (χ1v) is 6.92. The molecule has 1 heterocycles. The van der Waals surface area contributed by atoms with Gasteiger partial charge >= 0.3 is 0 Å². The molecule has 0 saturated heterocycles. The van der Waals surface area contributed by atoms with Crippen LogP contribution in [0, 0.1) is 12.3 Å². The fourth-order valence-electron chi connectivity index (χ4n) is 1.41. The minimum Gasteiger partial charge on any atom is -0.351 e. The molecule has 2 aromatic rings. The number of hydrogen-bond acceptors (Lipinski definition) is 5. The van der Waals surface area contributed by atoms with Gasteiger partial charge in [-0.25, -0.2) is 0 Å². The van der Waals surface area contributed by atoms with E-state index in [0.29, 0.717) is 15.2 Å². The molecule has 0 radical (unpaired) electrons. The van der Waals surface area contributed by atoms with Crippen LogP contribution in [0.2, 0.25) is 5.02 Å². The van der Waals surface area contributed by atoms with E-state index in [0.717, 1.165) is 5.56 Å². The third kappa shape index (κ3) is 3.70. The maximum Gasteiger partial charge on any atom is 0.240 e. The van der Waals surface area contributed by atoms with Gasteiger partial charge in [-0.15, -0.1) is 16.6 Å². The Balaban J connectivity index is 1.98. The van der Waals surface area contributed by atoms with E-state index in [9.17, 15) is 4.79 Å². The topological polar surface area (TPSA) is 66.9 Å². The summed E-state index contributed by atoms with van der Waals surface area (Å²) in [7, 11) is 0. The van der Waals surface area contributed by atoms with Crippen molar-refractivity contribution in [1.82, 2.24) is 15.5 Å². The van der Waals surface area contributed by atoms with Crippen LogP contribution in [-0.4, -0.2) is 29.2 Å². The van der Waals surface area contributed by atoms with Crippen LogP contribution >= 0.6 is 22.9 Å². The molecule has 0 fully saturated rings. The number of halogens is 1. The zero-order valence-corrected chi connectivity index (χ0v) is 12.0. The Labute approximate surface area is 125 Å². The van der Waals surface area contributed by atoms with Crippen molar-refractivity contribution in [2.45, 2.75) is 0 Å². The van der Waals surface area contributed by atoms with Crippen molar-refractivity contribution in [2.24, 2.45) is 0 Å². The number of anilines is 1. The second-order valence-electron chi connectivity index (χ2n) is 3.73. The van der Waals surface area contributed by atoms with Gasteiger partial charge in [-0.3, -0.25) is 4.79 Å². The second-order valence-corrected chi connectivity index (χ2v) is 5.11. The Bertz CT molecular complexity index is 650. The van der Waals surface area contributed by atoms with E-state index in [2.05, 4.69) is 26.8 Å². The molecule has 1 aromatic heterocycles. The summed E-state index contributed by atoms with van der Waals surface area (Å²) in [6, 6.07) is 7.38. The normalized spacial score (nSPS) is 9.80. The van der Waals surface area contributed by atoms with E-state index in [-0.39, 0.29) is 19.0 Å². The zero-order chi connectivity index (χ0) is 14.4. The molecule has 5 nitrogen and oxygen atoms in total. The molecule has 0 aliphatic carbocycles. The van der Waals surface area contributed by atoms with Crippen molar-refractivity contribution in [3.05, 3.63) is 29.3 Å². The Morgan fingerprint density at radius 2 is 2.20 bits per heavy atom. The quantitative estimate of drug-likeness (QED) is 0.829. The summed E-state index contributed by atoms with van der Waals surface area (Å²) in [5, 5.41) is 15.3. The molecule has 0 aliphatic heterocycles. The van der Waals surface area contributed by atoms with Crippen molar-refractivity contribution in [2.75, 3.05) is 18.4 Å². The number of nitrogens with zero attached hydrogens (tertiary/aromatic N) is 2. The first kappa shape index (κ1) is 14.3. The van der Waals surface area contributed by atoms with Crippen molar-refractivity contribution >= 4 is 34.0 Å². The third-order valence-corrected chi connectivity index (χ3v) is 3.56. The first-order chi connectivity index (χ1) is 9.70. The second kappa shape index (κ2) is 6.89. The van der Waals surface area contributed by atoms with Crippen LogP contribution in [0.1, 0.15) is 0 Å². The monoisotopic (exact) mass is 306 g/mol. The van der Waals surface area contributed by atoms with Crippen LogP contribution in [0.15, 0.2) is 24.3 Å². The van der Waals surface area contributed by atoms with Gasteiger partial charge in [0.1, 0.15) is 0 Å². The molecule has 7 heteroatoms. The van der Waals surface area contributed by atoms with Gasteiger partial charge in [0.05, 0.1) is 18.1 Å². The summed E-state index contributed by atoms with van der Waals surface area (Å²) in [5.74, 6) is 2.13. The molecule has 1 amide bonds. The van der Waals surface area contributed by atoms with Gasteiger partial charge in [-0.05, 0) is 6.07 Å².